The molecule has 1 fully saturated rings. The number of anilines is 2. The van der Waals surface area contributed by atoms with E-state index in [4.69, 9.17) is 14.5 Å². The van der Waals surface area contributed by atoms with Crippen LogP contribution in [-0.2, 0) is 7.05 Å². The Hall–Kier alpha value is -3.76. The summed E-state index contributed by atoms with van der Waals surface area (Å²) in [4.78, 5) is 12.7. The largest absolute Gasteiger partial charge is 0.490 e. The lowest BCUT2D eigenvalue weighted by Gasteiger charge is -2.29. The lowest BCUT2D eigenvalue weighted by Crippen LogP contribution is -2.43. The number of hydrogen-bond acceptors (Lipinski definition) is 9. The fourth-order valence-corrected chi connectivity index (χ4v) is 4.67. The first-order valence-electron chi connectivity index (χ1n) is 11.8. The first-order valence-corrected chi connectivity index (χ1v) is 12.6. The second kappa shape index (κ2) is 10.9. The Balaban J connectivity index is 1.47. The van der Waals surface area contributed by atoms with Crippen molar-refractivity contribution < 1.29 is 9.47 Å². The van der Waals surface area contributed by atoms with Crippen molar-refractivity contribution >= 4 is 23.6 Å². The molecule has 0 radical (unpaired) electrons. The van der Waals surface area contributed by atoms with E-state index in [1.54, 1.807) is 18.0 Å². The standard InChI is InChI=1S/C26H29N7O2S/c1-18-6-4-5-7-22(18)23-24(34-3)25(30-26(29-23)31-36-21-16-28-32(2)17-21)35-20-10-8-19(9-11-20)33-14-12-27-13-15-33/h4-11,16-17,27H,12-15H2,1-3H3,(H,29,30,31). The van der Waals surface area contributed by atoms with Crippen LogP contribution in [0.1, 0.15) is 5.56 Å². The molecule has 0 saturated carbocycles. The molecule has 2 aromatic carbocycles. The number of aromatic nitrogens is 4. The van der Waals surface area contributed by atoms with Crippen LogP contribution in [0.5, 0.6) is 17.4 Å². The molecule has 0 aliphatic carbocycles. The lowest BCUT2D eigenvalue weighted by molar-refractivity contribution is 0.369. The fourth-order valence-electron chi connectivity index (χ4n) is 4.07. The summed E-state index contributed by atoms with van der Waals surface area (Å²) in [5.41, 5.74) is 3.86. The summed E-state index contributed by atoms with van der Waals surface area (Å²) in [6, 6.07) is 16.1. The highest BCUT2D eigenvalue weighted by Gasteiger charge is 2.21. The summed E-state index contributed by atoms with van der Waals surface area (Å²) < 4.78 is 17.0. The van der Waals surface area contributed by atoms with Gasteiger partial charge in [0.15, 0.2) is 0 Å². The molecule has 0 atom stereocenters. The molecule has 5 rings (SSSR count). The maximum absolute atomic E-state index is 6.27. The van der Waals surface area contributed by atoms with Crippen molar-refractivity contribution in [2.24, 2.45) is 7.05 Å². The number of piperazine rings is 1. The Bertz CT molecular complexity index is 1320. The molecule has 10 heteroatoms. The maximum atomic E-state index is 6.27. The van der Waals surface area contributed by atoms with Crippen LogP contribution in [0.4, 0.5) is 11.6 Å². The highest BCUT2D eigenvalue weighted by atomic mass is 32.2. The van der Waals surface area contributed by atoms with Gasteiger partial charge in [0, 0.05) is 50.7 Å². The molecule has 2 aromatic heterocycles. The van der Waals surface area contributed by atoms with Gasteiger partial charge in [-0.25, -0.2) is 4.98 Å². The Morgan fingerprint density at radius 1 is 1.03 bits per heavy atom. The van der Waals surface area contributed by atoms with Gasteiger partial charge in [-0.3, -0.25) is 9.40 Å². The Morgan fingerprint density at radius 3 is 2.50 bits per heavy atom. The van der Waals surface area contributed by atoms with E-state index in [9.17, 15) is 0 Å². The molecular formula is C26H29N7O2S. The number of benzene rings is 2. The first-order chi connectivity index (χ1) is 17.6. The number of nitrogens with zero attached hydrogens (tertiary/aromatic N) is 5. The highest BCUT2D eigenvalue weighted by molar-refractivity contribution is 8.00. The second-order valence-electron chi connectivity index (χ2n) is 8.44. The molecule has 0 amide bonds. The predicted molar refractivity (Wildman–Crippen MR) is 143 cm³/mol. The molecular weight excluding hydrogens is 474 g/mol. The van der Waals surface area contributed by atoms with Gasteiger partial charge < -0.3 is 19.7 Å². The minimum absolute atomic E-state index is 0.343. The Kier molecular flexibility index (Phi) is 7.24. The molecule has 0 bridgehead atoms. The zero-order valence-electron chi connectivity index (χ0n) is 20.6. The third-order valence-electron chi connectivity index (χ3n) is 5.91. The van der Waals surface area contributed by atoms with E-state index in [1.807, 2.05) is 56.6 Å². The van der Waals surface area contributed by atoms with E-state index in [0.29, 0.717) is 29.0 Å². The van der Waals surface area contributed by atoms with Gasteiger partial charge >= 0.3 is 0 Å². The van der Waals surface area contributed by atoms with Crippen molar-refractivity contribution in [3.8, 4) is 28.6 Å². The minimum Gasteiger partial charge on any atom is -0.490 e. The average molecular weight is 504 g/mol. The Labute approximate surface area is 215 Å². The van der Waals surface area contributed by atoms with Crippen LogP contribution in [0.2, 0.25) is 0 Å². The quantitative estimate of drug-likeness (QED) is 0.337. The number of rotatable bonds is 8. The molecule has 0 spiro atoms. The van der Waals surface area contributed by atoms with E-state index in [0.717, 1.165) is 42.2 Å². The van der Waals surface area contributed by atoms with Crippen LogP contribution in [0.15, 0.2) is 65.8 Å². The number of hydrogen-bond donors (Lipinski definition) is 2. The third kappa shape index (κ3) is 5.39. The number of ether oxygens (including phenoxy) is 2. The van der Waals surface area contributed by atoms with Gasteiger partial charge in [0.2, 0.25) is 11.7 Å². The first kappa shape index (κ1) is 24.0. The fraction of sp³-hybridized carbons (Fsp3) is 0.269. The summed E-state index contributed by atoms with van der Waals surface area (Å²) in [7, 11) is 3.49. The topological polar surface area (TPSA) is 89.4 Å². The van der Waals surface area contributed by atoms with Crippen LogP contribution >= 0.6 is 11.9 Å². The number of nitrogens with one attached hydrogen (secondary N) is 2. The molecule has 1 aliphatic heterocycles. The van der Waals surface area contributed by atoms with Gasteiger partial charge in [0.1, 0.15) is 11.4 Å². The predicted octanol–water partition coefficient (Wildman–Crippen LogP) is 4.52. The van der Waals surface area contributed by atoms with Crippen molar-refractivity contribution in [1.82, 2.24) is 25.1 Å². The zero-order chi connectivity index (χ0) is 24.9. The molecule has 1 aliphatic rings. The van der Waals surface area contributed by atoms with Crippen LogP contribution in [0.25, 0.3) is 11.3 Å². The highest BCUT2D eigenvalue weighted by Crippen LogP contribution is 2.40. The summed E-state index contributed by atoms with van der Waals surface area (Å²) in [6.45, 7) is 6.01. The third-order valence-corrected chi connectivity index (χ3v) is 6.64. The molecule has 36 heavy (non-hydrogen) atoms. The van der Waals surface area contributed by atoms with Crippen LogP contribution in [0, 0.1) is 6.92 Å². The summed E-state index contributed by atoms with van der Waals surface area (Å²) in [5, 5.41) is 7.59. The van der Waals surface area contributed by atoms with Crippen LogP contribution < -0.4 is 24.4 Å². The van der Waals surface area contributed by atoms with Crippen LogP contribution in [-0.4, -0.2) is 53.0 Å². The number of aryl methyl sites for hydroxylation is 2. The van der Waals surface area contributed by atoms with Gasteiger partial charge in [0.25, 0.3) is 5.88 Å². The monoisotopic (exact) mass is 503 g/mol. The Morgan fingerprint density at radius 2 is 1.81 bits per heavy atom. The van der Waals surface area contributed by atoms with E-state index in [2.05, 4.69) is 37.2 Å². The van der Waals surface area contributed by atoms with Crippen LogP contribution in [0.3, 0.4) is 0 Å². The normalized spacial score (nSPS) is 13.5. The molecule has 186 valence electrons. The van der Waals surface area contributed by atoms with Crippen molar-refractivity contribution in [2.75, 3.05) is 42.9 Å². The molecule has 1 saturated heterocycles. The minimum atomic E-state index is 0.343. The smallest absolute Gasteiger partial charge is 0.268 e. The van der Waals surface area contributed by atoms with Crippen molar-refractivity contribution in [1.29, 1.82) is 0 Å². The number of methoxy groups -OCH3 is 1. The van der Waals surface area contributed by atoms with Gasteiger partial charge in [-0.05, 0) is 48.7 Å². The van der Waals surface area contributed by atoms with E-state index in [1.165, 1.54) is 17.6 Å². The molecule has 9 nitrogen and oxygen atoms in total. The zero-order valence-corrected chi connectivity index (χ0v) is 21.4. The summed E-state index contributed by atoms with van der Waals surface area (Å²) in [6.07, 6.45) is 3.70. The average Bonchev–Trinajstić information content (AvgIpc) is 3.33. The van der Waals surface area contributed by atoms with Gasteiger partial charge in [-0.15, -0.1) is 0 Å². The maximum Gasteiger partial charge on any atom is 0.268 e. The summed E-state index contributed by atoms with van der Waals surface area (Å²) >= 11 is 1.38. The van der Waals surface area contributed by atoms with Crippen molar-refractivity contribution in [2.45, 2.75) is 11.8 Å². The molecule has 0 unspecified atom stereocenters. The van der Waals surface area contributed by atoms with Gasteiger partial charge in [-0.1, -0.05) is 24.3 Å². The molecule has 2 N–H and O–H groups in total. The van der Waals surface area contributed by atoms with Crippen molar-refractivity contribution in [3.05, 3.63) is 66.5 Å². The second-order valence-corrected chi connectivity index (χ2v) is 9.32. The van der Waals surface area contributed by atoms with E-state index >= 15 is 0 Å². The van der Waals surface area contributed by atoms with Gasteiger partial charge in [-0.2, -0.15) is 10.1 Å². The van der Waals surface area contributed by atoms with Crippen molar-refractivity contribution in [3.63, 3.8) is 0 Å². The lowest BCUT2D eigenvalue weighted by atomic mass is 10.1. The van der Waals surface area contributed by atoms with Gasteiger partial charge in [0.05, 0.1) is 18.2 Å². The van der Waals surface area contributed by atoms with E-state index < -0.39 is 0 Å². The summed E-state index contributed by atoms with van der Waals surface area (Å²) in [5.74, 6) is 1.91. The molecule has 4 aromatic rings. The molecule has 3 heterocycles. The SMILES string of the molecule is COc1c(Oc2ccc(N3CCNCC3)cc2)nc(NSc2cnn(C)c2)nc1-c1ccccc1C. The van der Waals surface area contributed by atoms with E-state index in [-0.39, 0.29) is 0 Å².